The van der Waals surface area contributed by atoms with Crippen LogP contribution in [0.1, 0.15) is 16.8 Å². The number of hydrogen-bond donors (Lipinski definition) is 0. The molecule has 1 aromatic carbocycles. The normalized spacial score (nSPS) is 10.2. The summed E-state index contributed by atoms with van der Waals surface area (Å²) in [6.07, 6.45) is 0. The van der Waals surface area contributed by atoms with E-state index in [0.29, 0.717) is 11.3 Å². The van der Waals surface area contributed by atoms with Crippen molar-refractivity contribution in [3.05, 3.63) is 68.3 Å². The largest absolute Gasteiger partial charge is 0.307 e. The zero-order valence-electron chi connectivity index (χ0n) is 10.2. The smallest absolute Gasteiger partial charge is 0.268 e. The summed E-state index contributed by atoms with van der Waals surface area (Å²) in [5.41, 5.74) is 0.840. The average molecular weight is 277 g/mol. The summed E-state index contributed by atoms with van der Waals surface area (Å²) in [6, 6.07) is 9.42. The molecule has 0 aliphatic carbocycles. The molecule has 0 aliphatic heterocycles. The van der Waals surface area contributed by atoms with Crippen molar-refractivity contribution >= 4 is 11.6 Å². The summed E-state index contributed by atoms with van der Waals surface area (Å²) in [7, 11) is 0. The van der Waals surface area contributed by atoms with Crippen LogP contribution in [-0.2, 0) is 6.54 Å². The first kappa shape index (κ1) is 13.3. The van der Waals surface area contributed by atoms with Gasteiger partial charge in [0, 0.05) is 5.69 Å². The molecule has 0 N–H and O–H groups in total. The summed E-state index contributed by atoms with van der Waals surface area (Å²) in [5.74, 6) is -0.527. The van der Waals surface area contributed by atoms with E-state index in [9.17, 15) is 9.18 Å². The van der Waals surface area contributed by atoms with E-state index in [0.717, 1.165) is 0 Å². The lowest BCUT2D eigenvalue weighted by molar-refractivity contribution is 0.622. The highest BCUT2D eigenvalue weighted by atomic mass is 35.5. The van der Waals surface area contributed by atoms with E-state index >= 15 is 0 Å². The molecule has 2 rings (SSSR count). The Morgan fingerprint density at radius 3 is 2.79 bits per heavy atom. The van der Waals surface area contributed by atoms with Gasteiger partial charge in [0.15, 0.2) is 0 Å². The van der Waals surface area contributed by atoms with E-state index in [1.165, 1.54) is 22.8 Å². The van der Waals surface area contributed by atoms with Crippen molar-refractivity contribution in [1.29, 1.82) is 5.26 Å². The lowest BCUT2D eigenvalue weighted by atomic mass is 10.2. The third kappa shape index (κ3) is 2.51. The van der Waals surface area contributed by atoms with Gasteiger partial charge in [-0.15, -0.1) is 0 Å². The van der Waals surface area contributed by atoms with Gasteiger partial charge in [0.1, 0.15) is 17.4 Å². The Labute approximate surface area is 114 Å². The van der Waals surface area contributed by atoms with Crippen LogP contribution in [0.25, 0.3) is 0 Å². The van der Waals surface area contributed by atoms with Gasteiger partial charge in [0.2, 0.25) is 0 Å². The Balaban J connectivity index is 2.53. The highest BCUT2D eigenvalue weighted by Crippen LogP contribution is 2.20. The fourth-order valence-electron chi connectivity index (χ4n) is 1.79. The summed E-state index contributed by atoms with van der Waals surface area (Å²) in [4.78, 5) is 12.0. The van der Waals surface area contributed by atoms with Crippen molar-refractivity contribution in [3.8, 4) is 6.07 Å². The first-order valence-corrected chi connectivity index (χ1v) is 5.96. The predicted octanol–water partition coefficient (Wildman–Crippen LogP) is 2.87. The van der Waals surface area contributed by atoms with Crippen LogP contribution < -0.4 is 5.56 Å². The molecule has 5 heteroatoms. The van der Waals surface area contributed by atoms with Crippen molar-refractivity contribution in [3.63, 3.8) is 0 Å². The quantitative estimate of drug-likeness (QED) is 0.847. The number of hydrogen-bond acceptors (Lipinski definition) is 2. The molecular weight excluding hydrogens is 267 g/mol. The molecular formula is C14H10ClFN2O. The van der Waals surface area contributed by atoms with Gasteiger partial charge in [-0.05, 0) is 30.7 Å². The third-order valence-electron chi connectivity index (χ3n) is 2.87. The monoisotopic (exact) mass is 276 g/mol. The molecule has 0 atom stereocenters. The maximum absolute atomic E-state index is 13.4. The molecule has 0 radical (unpaired) electrons. The highest BCUT2D eigenvalue weighted by Gasteiger charge is 2.10. The maximum Gasteiger partial charge on any atom is 0.268 e. The first-order chi connectivity index (χ1) is 9.04. The molecule has 96 valence electrons. The van der Waals surface area contributed by atoms with Crippen LogP contribution in [0.5, 0.6) is 0 Å². The first-order valence-electron chi connectivity index (χ1n) is 5.58. The molecule has 1 aromatic heterocycles. The molecule has 3 nitrogen and oxygen atoms in total. The van der Waals surface area contributed by atoms with Gasteiger partial charge in [0.05, 0.1) is 11.6 Å². The van der Waals surface area contributed by atoms with E-state index in [4.69, 9.17) is 16.9 Å². The number of pyridine rings is 1. The number of benzene rings is 1. The Kier molecular flexibility index (Phi) is 3.68. The predicted molar refractivity (Wildman–Crippen MR) is 70.7 cm³/mol. The van der Waals surface area contributed by atoms with Crippen molar-refractivity contribution in [2.45, 2.75) is 13.5 Å². The van der Waals surface area contributed by atoms with E-state index in [1.54, 1.807) is 19.1 Å². The van der Waals surface area contributed by atoms with Crippen LogP contribution in [0.3, 0.4) is 0 Å². The number of rotatable bonds is 2. The molecule has 0 fully saturated rings. The second kappa shape index (κ2) is 5.25. The lowest BCUT2D eigenvalue weighted by Crippen LogP contribution is -2.25. The van der Waals surface area contributed by atoms with Gasteiger partial charge in [-0.25, -0.2) is 4.39 Å². The Hall–Kier alpha value is -2.12. The number of nitrogens with zero attached hydrogens (tertiary/aromatic N) is 2. The Morgan fingerprint density at radius 1 is 1.37 bits per heavy atom. The van der Waals surface area contributed by atoms with Crippen LogP contribution in [0.4, 0.5) is 4.39 Å². The summed E-state index contributed by atoms with van der Waals surface area (Å²) in [5, 5.41) is 8.85. The van der Waals surface area contributed by atoms with Crippen molar-refractivity contribution in [2.24, 2.45) is 0 Å². The van der Waals surface area contributed by atoms with Crippen LogP contribution in [-0.4, -0.2) is 4.57 Å². The second-order valence-corrected chi connectivity index (χ2v) is 4.48. The molecule has 0 saturated carbocycles. The van der Waals surface area contributed by atoms with Crippen molar-refractivity contribution in [2.75, 3.05) is 0 Å². The zero-order chi connectivity index (χ0) is 14.0. The lowest BCUT2D eigenvalue weighted by Gasteiger charge is -2.11. The highest BCUT2D eigenvalue weighted by molar-refractivity contribution is 6.31. The number of halogens is 2. The van der Waals surface area contributed by atoms with Crippen LogP contribution in [0.2, 0.25) is 5.02 Å². The standard InChI is InChI=1S/C14H10ClFN2O/c1-9-5-6-10(7-17)14(19)18(9)8-11-3-2-4-12(16)13(11)15/h2-6H,8H2,1H3. The van der Waals surface area contributed by atoms with Crippen LogP contribution in [0.15, 0.2) is 35.1 Å². The molecule has 0 unspecified atom stereocenters. The summed E-state index contributed by atoms with van der Waals surface area (Å²) < 4.78 is 14.8. The van der Waals surface area contributed by atoms with E-state index in [1.807, 2.05) is 6.07 Å². The molecule has 19 heavy (non-hydrogen) atoms. The van der Waals surface area contributed by atoms with Gasteiger partial charge in [-0.1, -0.05) is 23.7 Å². The summed E-state index contributed by atoms with van der Waals surface area (Å²) in [6.45, 7) is 1.88. The second-order valence-electron chi connectivity index (χ2n) is 4.10. The number of nitriles is 1. The Morgan fingerprint density at radius 2 is 2.11 bits per heavy atom. The van der Waals surface area contributed by atoms with Crippen molar-refractivity contribution < 1.29 is 4.39 Å². The average Bonchev–Trinajstić information content (AvgIpc) is 2.39. The van der Waals surface area contributed by atoms with Crippen LogP contribution in [0, 0.1) is 24.1 Å². The third-order valence-corrected chi connectivity index (χ3v) is 3.30. The minimum Gasteiger partial charge on any atom is -0.307 e. The molecule has 0 bridgehead atoms. The molecule has 0 amide bonds. The summed E-state index contributed by atoms with van der Waals surface area (Å²) >= 11 is 5.87. The van der Waals surface area contributed by atoms with Gasteiger partial charge in [-0.3, -0.25) is 4.79 Å². The minimum absolute atomic E-state index is 0.00355. The molecule has 0 spiro atoms. The van der Waals surface area contributed by atoms with E-state index < -0.39 is 11.4 Å². The molecule has 0 saturated heterocycles. The molecule has 1 heterocycles. The zero-order valence-corrected chi connectivity index (χ0v) is 10.9. The SMILES string of the molecule is Cc1ccc(C#N)c(=O)n1Cc1cccc(F)c1Cl. The van der Waals surface area contributed by atoms with Crippen molar-refractivity contribution in [1.82, 2.24) is 4.57 Å². The maximum atomic E-state index is 13.4. The minimum atomic E-state index is -0.527. The van der Waals surface area contributed by atoms with Gasteiger partial charge in [0.25, 0.3) is 5.56 Å². The van der Waals surface area contributed by atoms with E-state index in [2.05, 4.69) is 0 Å². The Bertz CT molecular complexity index is 731. The van der Waals surface area contributed by atoms with E-state index in [-0.39, 0.29) is 17.1 Å². The fraction of sp³-hybridized carbons (Fsp3) is 0.143. The number of aromatic nitrogens is 1. The number of aryl methyl sites for hydroxylation is 1. The topological polar surface area (TPSA) is 45.8 Å². The van der Waals surface area contributed by atoms with Crippen LogP contribution >= 0.6 is 11.6 Å². The molecule has 2 aromatic rings. The van der Waals surface area contributed by atoms with Gasteiger partial charge < -0.3 is 4.57 Å². The molecule has 0 aliphatic rings. The fourth-order valence-corrected chi connectivity index (χ4v) is 1.98. The van der Waals surface area contributed by atoms with Gasteiger partial charge >= 0.3 is 0 Å². The van der Waals surface area contributed by atoms with Gasteiger partial charge in [-0.2, -0.15) is 5.26 Å².